The average molecular weight is 373 g/mol. The summed E-state index contributed by atoms with van der Waals surface area (Å²) in [6.07, 6.45) is 1.28. The van der Waals surface area contributed by atoms with Crippen LogP contribution in [0.1, 0.15) is 5.56 Å². The molecule has 0 fully saturated rings. The van der Waals surface area contributed by atoms with Crippen LogP contribution in [0.5, 0.6) is 0 Å². The number of nitrogens with zero attached hydrogens (tertiary/aromatic N) is 3. The summed E-state index contributed by atoms with van der Waals surface area (Å²) < 4.78 is 1.15. The fraction of sp³-hybridized carbons (Fsp3) is 0.118. The molecule has 8 nitrogen and oxygen atoms in total. The van der Waals surface area contributed by atoms with E-state index in [9.17, 15) is 19.7 Å². The zero-order valence-corrected chi connectivity index (χ0v) is 14.4. The van der Waals surface area contributed by atoms with E-state index in [2.05, 4.69) is 10.3 Å². The number of nitro benzene ring substituents is 1. The zero-order valence-electron chi connectivity index (χ0n) is 13.6. The molecule has 26 heavy (non-hydrogen) atoms. The Balaban J connectivity index is 1.86. The largest absolute Gasteiger partial charge is 0.324 e. The number of rotatable bonds is 4. The molecule has 0 saturated carbocycles. The third kappa shape index (κ3) is 3.55. The molecule has 0 atom stereocenters. The van der Waals surface area contributed by atoms with Gasteiger partial charge in [-0.3, -0.25) is 24.3 Å². The molecule has 132 valence electrons. The molecule has 0 aliphatic heterocycles. The van der Waals surface area contributed by atoms with Crippen LogP contribution in [-0.2, 0) is 11.3 Å². The highest BCUT2D eigenvalue weighted by atomic mass is 35.5. The molecule has 2 aromatic carbocycles. The third-order valence-electron chi connectivity index (χ3n) is 3.81. The summed E-state index contributed by atoms with van der Waals surface area (Å²) in [5, 5.41) is 14.1. The lowest BCUT2D eigenvalue weighted by molar-refractivity contribution is -0.384. The SMILES string of the molecule is Cc1ccc([N+](=O)[O-])cc1NC(=O)Cn1cnc2ccc(Cl)cc2c1=O. The van der Waals surface area contributed by atoms with Crippen LogP contribution in [0.4, 0.5) is 11.4 Å². The second kappa shape index (κ2) is 6.93. The lowest BCUT2D eigenvalue weighted by atomic mass is 10.2. The van der Waals surface area contributed by atoms with Crippen molar-refractivity contribution in [3.05, 3.63) is 73.8 Å². The van der Waals surface area contributed by atoms with Crippen LogP contribution in [0.3, 0.4) is 0 Å². The number of nitro groups is 1. The Morgan fingerprint density at radius 1 is 1.31 bits per heavy atom. The lowest BCUT2D eigenvalue weighted by Crippen LogP contribution is -2.28. The number of anilines is 1. The van der Waals surface area contributed by atoms with E-state index in [1.54, 1.807) is 25.1 Å². The third-order valence-corrected chi connectivity index (χ3v) is 4.04. The number of nitrogens with one attached hydrogen (secondary N) is 1. The number of carbonyl (C=O) groups excluding carboxylic acids is 1. The van der Waals surface area contributed by atoms with Gasteiger partial charge < -0.3 is 5.32 Å². The van der Waals surface area contributed by atoms with Gasteiger partial charge >= 0.3 is 0 Å². The molecule has 0 unspecified atom stereocenters. The number of halogens is 1. The topological polar surface area (TPSA) is 107 Å². The van der Waals surface area contributed by atoms with E-state index in [-0.39, 0.29) is 12.2 Å². The van der Waals surface area contributed by atoms with E-state index in [1.807, 2.05) is 0 Å². The first-order valence-electron chi connectivity index (χ1n) is 7.55. The Bertz CT molecular complexity index is 1090. The van der Waals surface area contributed by atoms with Crippen LogP contribution in [-0.4, -0.2) is 20.4 Å². The van der Waals surface area contributed by atoms with Gasteiger partial charge in [0.25, 0.3) is 11.2 Å². The second-order valence-corrected chi connectivity index (χ2v) is 6.08. The van der Waals surface area contributed by atoms with Crippen LogP contribution in [0, 0.1) is 17.0 Å². The second-order valence-electron chi connectivity index (χ2n) is 5.64. The number of carbonyl (C=O) groups is 1. The highest BCUT2D eigenvalue weighted by Gasteiger charge is 2.13. The number of benzene rings is 2. The first kappa shape index (κ1) is 17.6. The summed E-state index contributed by atoms with van der Waals surface area (Å²) in [6, 6.07) is 8.90. The maximum Gasteiger partial charge on any atom is 0.271 e. The van der Waals surface area contributed by atoms with Gasteiger partial charge in [-0.2, -0.15) is 0 Å². The predicted octanol–water partition coefficient (Wildman–Crippen LogP) is 2.91. The van der Waals surface area contributed by atoms with E-state index < -0.39 is 16.4 Å². The monoisotopic (exact) mass is 372 g/mol. The molecule has 0 bridgehead atoms. The normalized spacial score (nSPS) is 10.7. The fourth-order valence-corrected chi connectivity index (χ4v) is 2.62. The van der Waals surface area contributed by atoms with Crippen LogP contribution in [0.15, 0.2) is 47.5 Å². The van der Waals surface area contributed by atoms with Crippen LogP contribution in [0.2, 0.25) is 5.02 Å². The van der Waals surface area contributed by atoms with Crippen LogP contribution in [0.25, 0.3) is 10.9 Å². The van der Waals surface area contributed by atoms with E-state index in [4.69, 9.17) is 11.6 Å². The number of aryl methyl sites for hydroxylation is 1. The molecule has 3 aromatic rings. The van der Waals surface area contributed by atoms with E-state index in [0.717, 1.165) is 4.57 Å². The predicted molar refractivity (Wildman–Crippen MR) is 97.5 cm³/mol. The minimum atomic E-state index is -0.545. The van der Waals surface area contributed by atoms with Crippen molar-refractivity contribution in [3.63, 3.8) is 0 Å². The van der Waals surface area contributed by atoms with Crippen LogP contribution < -0.4 is 10.9 Å². The van der Waals surface area contributed by atoms with Crippen molar-refractivity contribution < 1.29 is 9.72 Å². The summed E-state index contributed by atoms with van der Waals surface area (Å²) in [5.74, 6) is -0.501. The summed E-state index contributed by atoms with van der Waals surface area (Å²) >= 11 is 5.90. The van der Waals surface area contributed by atoms with Crippen molar-refractivity contribution in [3.8, 4) is 0 Å². The lowest BCUT2D eigenvalue weighted by Gasteiger charge is -2.10. The molecule has 9 heteroatoms. The Kier molecular flexibility index (Phi) is 4.68. The van der Waals surface area contributed by atoms with Gasteiger partial charge in [-0.15, -0.1) is 0 Å². The Hall–Kier alpha value is -3.26. The minimum absolute atomic E-state index is 0.134. The van der Waals surface area contributed by atoms with Gasteiger partial charge in [0.05, 0.1) is 27.8 Å². The molecule has 0 spiro atoms. The summed E-state index contributed by atoms with van der Waals surface area (Å²) in [7, 11) is 0. The molecule has 3 rings (SSSR count). The fourth-order valence-electron chi connectivity index (χ4n) is 2.45. The molecule has 0 saturated heterocycles. The van der Waals surface area contributed by atoms with Gasteiger partial charge in [0.15, 0.2) is 0 Å². The maximum absolute atomic E-state index is 12.5. The van der Waals surface area contributed by atoms with Crippen LogP contribution >= 0.6 is 11.6 Å². The number of hydrogen-bond donors (Lipinski definition) is 1. The zero-order chi connectivity index (χ0) is 18.8. The van der Waals surface area contributed by atoms with Gasteiger partial charge in [-0.1, -0.05) is 17.7 Å². The average Bonchev–Trinajstić information content (AvgIpc) is 2.59. The molecule has 1 aromatic heterocycles. The van der Waals surface area contributed by atoms with Gasteiger partial charge in [0.1, 0.15) is 6.54 Å². The maximum atomic E-state index is 12.5. The van der Waals surface area contributed by atoms with Gasteiger partial charge in [-0.05, 0) is 30.7 Å². The first-order chi connectivity index (χ1) is 12.3. The number of non-ortho nitro benzene ring substituents is 1. The standard InChI is InChI=1S/C17H13ClN4O4/c1-10-2-4-12(22(25)26)7-15(10)20-16(23)8-21-9-19-14-5-3-11(18)6-13(14)17(21)24/h2-7,9H,8H2,1H3,(H,20,23). The van der Waals surface area contributed by atoms with Crippen molar-refractivity contribution in [2.24, 2.45) is 0 Å². The van der Waals surface area contributed by atoms with Crippen molar-refractivity contribution in [1.29, 1.82) is 0 Å². The van der Waals surface area contributed by atoms with Gasteiger partial charge in [-0.25, -0.2) is 4.98 Å². The molecule has 1 heterocycles. The molecule has 0 aliphatic rings. The molecule has 0 radical (unpaired) electrons. The Labute approximate surface area is 152 Å². The number of amides is 1. The highest BCUT2D eigenvalue weighted by molar-refractivity contribution is 6.31. The van der Waals surface area contributed by atoms with E-state index in [1.165, 1.54) is 24.5 Å². The van der Waals surface area contributed by atoms with E-state index in [0.29, 0.717) is 27.2 Å². The highest BCUT2D eigenvalue weighted by Crippen LogP contribution is 2.21. The minimum Gasteiger partial charge on any atom is -0.324 e. The van der Waals surface area contributed by atoms with Crippen molar-refractivity contribution in [2.75, 3.05) is 5.32 Å². The van der Waals surface area contributed by atoms with Crippen molar-refractivity contribution >= 4 is 39.8 Å². The Morgan fingerprint density at radius 2 is 2.08 bits per heavy atom. The number of fused-ring (bicyclic) bond motifs is 1. The molecule has 1 amide bonds. The number of aromatic nitrogens is 2. The van der Waals surface area contributed by atoms with Crippen molar-refractivity contribution in [2.45, 2.75) is 13.5 Å². The Morgan fingerprint density at radius 3 is 2.81 bits per heavy atom. The molecular weight excluding hydrogens is 360 g/mol. The number of hydrogen-bond acceptors (Lipinski definition) is 5. The molecule has 1 N–H and O–H groups in total. The van der Waals surface area contributed by atoms with Gasteiger partial charge in [0, 0.05) is 17.2 Å². The van der Waals surface area contributed by atoms with Crippen molar-refractivity contribution in [1.82, 2.24) is 9.55 Å². The van der Waals surface area contributed by atoms with E-state index >= 15 is 0 Å². The molecular formula is C17H13ClN4O4. The van der Waals surface area contributed by atoms with Gasteiger partial charge in [0.2, 0.25) is 5.91 Å². The quantitative estimate of drug-likeness (QED) is 0.559. The first-order valence-corrected chi connectivity index (χ1v) is 7.92. The summed E-state index contributed by atoms with van der Waals surface area (Å²) in [6.45, 7) is 1.43. The smallest absolute Gasteiger partial charge is 0.271 e. The summed E-state index contributed by atoms with van der Waals surface area (Å²) in [4.78, 5) is 39.2. The summed E-state index contributed by atoms with van der Waals surface area (Å²) in [5.41, 5.74) is 0.924. The molecule has 0 aliphatic carbocycles.